The van der Waals surface area contributed by atoms with E-state index in [9.17, 15) is 19.4 Å². The molecule has 3 aliphatic rings. The summed E-state index contributed by atoms with van der Waals surface area (Å²) in [5.74, 6) is -1.12. The molecule has 1 aliphatic heterocycles. The lowest BCUT2D eigenvalue weighted by molar-refractivity contribution is -0.256. The Morgan fingerprint density at radius 2 is 1.75 bits per heavy atom. The zero-order valence-electron chi connectivity index (χ0n) is 32.9. The second kappa shape index (κ2) is 19.1. The maximum Gasteiger partial charge on any atom is 0.410 e. The van der Waals surface area contributed by atoms with E-state index in [0.29, 0.717) is 42.2 Å². The van der Waals surface area contributed by atoms with E-state index in [1.165, 1.54) is 12.1 Å². The van der Waals surface area contributed by atoms with Gasteiger partial charge in [0.05, 0.1) is 24.8 Å². The van der Waals surface area contributed by atoms with Crippen LogP contribution in [0.15, 0.2) is 84.6 Å². The zero-order chi connectivity index (χ0) is 39.6. The van der Waals surface area contributed by atoms with Crippen LogP contribution in [0.4, 0.5) is 9.18 Å². The molecule has 1 heterocycles. The van der Waals surface area contributed by atoms with Crippen molar-refractivity contribution in [2.45, 2.75) is 103 Å². The summed E-state index contributed by atoms with van der Waals surface area (Å²) in [7, 11) is 0. The lowest BCUT2D eigenvalue weighted by Gasteiger charge is -2.60. The van der Waals surface area contributed by atoms with Crippen molar-refractivity contribution >= 4 is 11.8 Å². The fraction of sp³-hybridized carbons (Fsp3) is 0.545. The highest BCUT2D eigenvalue weighted by molar-refractivity contribution is 6.03. The number of hydrogen-bond acceptors (Lipinski definition) is 9. The number of oxime groups is 1. The van der Waals surface area contributed by atoms with Crippen LogP contribution in [0.2, 0.25) is 0 Å². The number of halogens is 1. The number of fused-ring (bicyclic) bond motifs is 2. The number of carbonyl (C=O) groups is 1. The number of rotatable bonds is 19. The van der Waals surface area contributed by atoms with E-state index >= 15 is 0 Å². The summed E-state index contributed by atoms with van der Waals surface area (Å²) in [6.07, 6.45) is 9.90. The van der Waals surface area contributed by atoms with Crippen LogP contribution in [0.5, 0.6) is 11.5 Å². The average molecular weight is 763 g/mol. The second-order valence-corrected chi connectivity index (χ2v) is 15.5. The second-order valence-electron chi connectivity index (χ2n) is 15.5. The first-order valence-electron chi connectivity index (χ1n) is 19.7. The normalized spacial score (nSPS) is 24.8. The predicted molar refractivity (Wildman–Crippen MR) is 210 cm³/mol. The minimum atomic E-state index is -1.46. The molecule has 55 heavy (non-hydrogen) atoms. The van der Waals surface area contributed by atoms with Gasteiger partial charge >= 0.3 is 6.09 Å². The molecule has 2 N–H and O–H groups in total. The predicted octanol–water partition coefficient (Wildman–Crippen LogP) is 8.48. The van der Waals surface area contributed by atoms with Crippen LogP contribution < -0.4 is 9.47 Å². The highest BCUT2D eigenvalue weighted by Gasteiger charge is 2.65. The van der Waals surface area contributed by atoms with Gasteiger partial charge < -0.3 is 34.0 Å². The number of aliphatic hydroxyl groups excluding tert-OH is 2. The van der Waals surface area contributed by atoms with Crippen LogP contribution >= 0.6 is 0 Å². The third-order valence-corrected chi connectivity index (χ3v) is 10.6. The topological polar surface area (TPSA) is 119 Å². The lowest BCUT2D eigenvalue weighted by atomic mass is 9.55. The molecule has 6 unspecified atom stereocenters. The number of ether oxygens (including phenoxy) is 4. The van der Waals surface area contributed by atoms with Crippen LogP contribution in [-0.4, -0.2) is 77.4 Å². The average Bonchev–Trinajstić information content (AvgIpc) is 3.16. The largest absolute Gasteiger partial charge is 0.490 e. The molecule has 0 spiro atoms. The molecule has 0 radical (unpaired) electrons. The third-order valence-electron chi connectivity index (χ3n) is 10.6. The van der Waals surface area contributed by atoms with E-state index in [2.05, 4.69) is 19.2 Å². The van der Waals surface area contributed by atoms with Crippen molar-refractivity contribution in [3.63, 3.8) is 0 Å². The van der Waals surface area contributed by atoms with Crippen LogP contribution in [-0.2, 0) is 20.9 Å². The Hall–Kier alpha value is -4.19. The molecule has 0 aromatic heterocycles. The van der Waals surface area contributed by atoms with Gasteiger partial charge in [-0.1, -0.05) is 54.9 Å². The number of allylic oxidation sites excluding steroid dienone is 1. The van der Waals surface area contributed by atoms with Crippen molar-refractivity contribution in [3.8, 4) is 11.5 Å². The van der Waals surface area contributed by atoms with Gasteiger partial charge in [-0.05, 0) is 107 Å². The van der Waals surface area contributed by atoms with Crippen LogP contribution in [0.3, 0.4) is 0 Å². The van der Waals surface area contributed by atoms with Crippen molar-refractivity contribution in [2.75, 3.05) is 33.0 Å². The number of amides is 1. The van der Waals surface area contributed by atoms with E-state index in [-0.39, 0.29) is 63.0 Å². The summed E-state index contributed by atoms with van der Waals surface area (Å²) in [6.45, 7) is 16.2. The van der Waals surface area contributed by atoms with Crippen molar-refractivity contribution in [3.05, 3.63) is 96.4 Å². The summed E-state index contributed by atoms with van der Waals surface area (Å²) in [5, 5.41) is 24.5. The lowest BCUT2D eigenvalue weighted by Crippen LogP contribution is -2.70. The maximum atomic E-state index is 14.2. The molecule has 2 aromatic rings. The minimum Gasteiger partial charge on any atom is -0.490 e. The SMILES string of the molecule is C=CCOc1ccc2c(c1)C1C(CCCCO)C(CCCCO)C=C3C(=NOC(C)(C)C)CC(N(Cc4ccc(F)cc4)C(=O)OCC)C(OCC=C)(O2)C31. The summed E-state index contributed by atoms with van der Waals surface area (Å²) in [6, 6.07) is 11.1. The highest BCUT2D eigenvalue weighted by Crippen LogP contribution is 2.62. The maximum absolute atomic E-state index is 14.2. The summed E-state index contributed by atoms with van der Waals surface area (Å²) >= 11 is 0. The molecule has 0 saturated heterocycles. The third kappa shape index (κ3) is 9.80. The standard InChI is InChI=1S/C44H59FN2O8/c1-7-24-52-33-20-21-38-36(27-33)40-34(15-11-13-23-49)31(14-10-12-22-48)26-35-37(46-55-43(4,5)6)28-39(44(54-38,41(35)40)53-25-8-2)47(42(50)51-9-3)29-30-16-18-32(45)19-17-30/h7-8,16-21,26-27,31,34,39-41,48-49H,1-2,9-15,22-25,28-29H2,3-6H3. The van der Waals surface area contributed by atoms with E-state index in [1.54, 1.807) is 36.1 Å². The van der Waals surface area contributed by atoms with Crippen molar-refractivity contribution in [1.29, 1.82) is 0 Å². The molecular weight excluding hydrogens is 703 g/mol. The molecule has 5 rings (SSSR count). The summed E-state index contributed by atoms with van der Waals surface area (Å²) in [4.78, 5) is 22.0. The Morgan fingerprint density at radius 3 is 2.40 bits per heavy atom. The highest BCUT2D eigenvalue weighted by atomic mass is 19.1. The first kappa shape index (κ1) is 42.0. The van der Waals surface area contributed by atoms with Gasteiger partial charge in [-0.15, -0.1) is 6.58 Å². The van der Waals surface area contributed by atoms with Gasteiger partial charge in [0.25, 0.3) is 0 Å². The van der Waals surface area contributed by atoms with Crippen LogP contribution in [0.1, 0.15) is 89.7 Å². The fourth-order valence-corrected chi connectivity index (χ4v) is 8.38. The Morgan fingerprint density at radius 1 is 1.04 bits per heavy atom. The van der Waals surface area contributed by atoms with Crippen molar-refractivity contribution in [1.82, 2.24) is 4.90 Å². The van der Waals surface area contributed by atoms with Gasteiger partial charge in [0.1, 0.15) is 35.6 Å². The molecule has 2 aliphatic carbocycles. The van der Waals surface area contributed by atoms with E-state index < -0.39 is 29.4 Å². The van der Waals surface area contributed by atoms with Gasteiger partial charge in [0.15, 0.2) is 0 Å². The minimum absolute atomic E-state index is 0.0553. The number of unbranched alkanes of at least 4 members (excludes halogenated alkanes) is 2. The molecule has 1 amide bonds. The molecule has 1 fully saturated rings. The smallest absolute Gasteiger partial charge is 0.410 e. The van der Waals surface area contributed by atoms with E-state index in [1.807, 2.05) is 39.0 Å². The number of nitrogens with zero attached hydrogens (tertiary/aromatic N) is 2. The Bertz CT molecular complexity index is 1670. The zero-order valence-corrected chi connectivity index (χ0v) is 32.9. The van der Waals surface area contributed by atoms with Crippen LogP contribution in [0.25, 0.3) is 0 Å². The number of aliphatic hydroxyl groups is 2. The number of hydrogen-bond donors (Lipinski definition) is 2. The fourth-order valence-electron chi connectivity index (χ4n) is 8.38. The molecule has 0 bridgehead atoms. The van der Waals surface area contributed by atoms with Crippen LogP contribution in [0, 0.1) is 23.6 Å². The van der Waals surface area contributed by atoms with Crippen molar-refractivity contribution in [2.24, 2.45) is 22.9 Å². The van der Waals surface area contributed by atoms with Gasteiger partial charge in [0.2, 0.25) is 5.79 Å². The molecule has 2 aromatic carbocycles. The first-order valence-corrected chi connectivity index (χ1v) is 19.7. The molecule has 11 heteroatoms. The molecule has 10 nitrogen and oxygen atoms in total. The summed E-state index contributed by atoms with van der Waals surface area (Å²) in [5.41, 5.74) is 2.64. The molecular formula is C44H59FN2O8. The number of benzene rings is 2. The van der Waals surface area contributed by atoms with Gasteiger partial charge in [-0.3, -0.25) is 4.90 Å². The monoisotopic (exact) mass is 762 g/mol. The van der Waals surface area contributed by atoms with Crippen molar-refractivity contribution < 1.29 is 43.2 Å². The van der Waals surface area contributed by atoms with E-state index in [4.69, 9.17) is 28.9 Å². The Kier molecular flexibility index (Phi) is 14.6. The molecule has 300 valence electrons. The Balaban J connectivity index is 1.81. The first-order chi connectivity index (χ1) is 26.5. The molecule has 1 saturated carbocycles. The van der Waals surface area contributed by atoms with E-state index in [0.717, 1.165) is 36.8 Å². The van der Waals surface area contributed by atoms with Gasteiger partial charge in [-0.25, -0.2) is 9.18 Å². The van der Waals surface area contributed by atoms with Gasteiger partial charge in [-0.2, -0.15) is 0 Å². The quantitative estimate of drug-likeness (QED) is 0.0832. The molecule has 6 atom stereocenters. The Labute approximate surface area is 325 Å². The van der Waals surface area contributed by atoms with Gasteiger partial charge in [0, 0.05) is 37.7 Å². The number of carbonyl (C=O) groups excluding carboxylic acids is 1. The summed E-state index contributed by atoms with van der Waals surface area (Å²) < 4.78 is 40.2.